The molecule has 0 spiro atoms. The third-order valence-electron chi connectivity index (χ3n) is 5.12. The zero-order valence-electron chi connectivity index (χ0n) is 15.6. The Bertz CT molecular complexity index is 725. The van der Waals surface area contributed by atoms with Gasteiger partial charge in [-0.2, -0.15) is 0 Å². The third kappa shape index (κ3) is 3.91. The van der Waals surface area contributed by atoms with Crippen LogP contribution >= 0.6 is 9.19 Å². The molecule has 3 aliphatic heterocycles. The van der Waals surface area contributed by atoms with E-state index < -0.39 is 0 Å². The maximum absolute atomic E-state index is 4.58. The number of benzene rings is 1. The number of hydrogen-bond acceptors (Lipinski definition) is 3. The van der Waals surface area contributed by atoms with Gasteiger partial charge in [-0.15, -0.1) is 6.67 Å². The molecule has 0 aliphatic carbocycles. The Morgan fingerprint density at radius 2 is 1.65 bits per heavy atom. The minimum atomic E-state index is 1.17. The van der Waals surface area contributed by atoms with Crippen LogP contribution in [0.2, 0.25) is 0 Å². The molecule has 1 saturated heterocycles. The first-order valence-electron chi connectivity index (χ1n) is 9.10. The van der Waals surface area contributed by atoms with Crippen LogP contribution in [0.15, 0.2) is 48.1 Å². The van der Waals surface area contributed by atoms with Crippen LogP contribution in [0.3, 0.4) is 0 Å². The van der Waals surface area contributed by atoms with Crippen molar-refractivity contribution in [1.29, 1.82) is 0 Å². The summed E-state index contributed by atoms with van der Waals surface area (Å²) in [5, 5.41) is 0. The van der Waals surface area contributed by atoms with Crippen molar-refractivity contribution >= 4 is 14.9 Å². The summed E-state index contributed by atoms with van der Waals surface area (Å²) < 4.78 is 0. The van der Waals surface area contributed by atoms with Gasteiger partial charge < -0.3 is 14.7 Å². The Hall–Kier alpha value is -1.13. The summed E-state index contributed by atoms with van der Waals surface area (Å²) in [6.45, 7) is 11.1. The fraction of sp³-hybridized carbons (Fsp3) is 0.381. The summed E-state index contributed by atoms with van der Waals surface area (Å²) in [6, 6.07) is 4.53. The van der Waals surface area contributed by atoms with Gasteiger partial charge in [0.05, 0.1) is 5.82 Å². The number of nitrogens with zero attached hydrogens (tertiary/aromatic N) is 3. The van der Waals surface area contributed by atoms with E-state index in [4.69, 9.17) is 0 Å². The summed E-state index contributed by atoms with van der Waals surface area (Å²) in [5.41, 5.74) is 6.53. The van der Waals surface area contributed by atoms with Gasteiger partial charge in [-0.25, -0.2) is 0 Å². The molecule has 4 rings (SSSR count). The number of rotatable bonds is 2. The summed E-state index contributed by atoms with van der Waals surface area (Å²) in [4.78, 5) is 7.15. The topological polar surface area (TPSA) is 9.72 Å². The molecule has 0 bridgehead atoms. The van der Waals surface area contributed by atoms with E-state index in [1.54, 1.807) is 20.0 Å². The molecule has 0 radical (unpaired) electrons. The quantitative estimate of drug-likeness (QED) is 0.365. The molecule has 1 fully saturated rings. The Morgan fingerprint density at radius 3 is 2.31 bits per heavy atom. The summed E-state index contributed by atoms with van der Waals surface area (Å²) in [7, 11) is 4.58. The van der Waals surface area contributed by atoms with Crippen LogP contribution in [0, 0.1) is 27.4 Å². The monoisotopic (exact) mass is 552 g/mol. The molecule has 0 saturated carbocycles. The first-order chi connectivity index (χ1) is 12.6. The Kier molecular flexibility index (Phi) is 6.57. The van der Waals surface area contributed by atoms with Gasteiger partial charge in [0, 0.05) is 24.5 Å². The normalized spacial score (nSPS) is 18.9. The number of halogens is 1. The fourth-order valence-electron chi connectivity index (χ4n) is 4.14. The van der Waals surface area contributed by atoms with Crippen molar-refractivity contribution in [3.63, 3.8) is 0 Å². The molecule has 26 heavy (non-hydrogen) atoms. The molecule has 3 nitrogen and oxygen atoms in total. The molecule has 1 aromatic carbocycles. The SMILES string of the molecule is Cc1cc(C)c(N2C=C3C=CC=C(N4CCCCC4)N3[CH-]2)c(C)c1.[Cl][Au]. The van der Waals surface area contributed by atoms with E-state index >= 15 is 0 Å². The zero-order chi connectivity index (χ0) is 18.7. The average Bonchev–Trinajstić information content (AvgIpc) is 3.06. The fourth-order valence-corrected chi connectivity index (χ4v) is 4.14. The molecule has 3 aliphatic rings. The van der Waals surface area contributed by atoms with Crippen LogP contribution < -0.4 is 4.90 Å². The molecular formula is C21H26AuClN3-. The molecule has 0 atom stereocenters. The van der Waals surface area contributed by atoms with Crippen LogP contribution in [0.1, 0.15) is 36.0 Å². The van der Waals surface area contributed by atoms with E-state index in [2.05, 4.69) is 87.9 Å². The van der Waals surface area contributed by atoms with E-state index in [-0.39, 0.29) is 0 Å². The third-order valence-corrected chi connectivity index (χ3v) is 5.12. The molecule has 0 aromatic heterocycles. The molecule has 0 N–H and O–H groups in total. The van der Waals surface area contributed by atoms with Gasteiger partial charge in [0.15, 0.2) is 0 Å². The van der Waals surface area contributed by atoms with Crippen LogP contribution in [0.4, 0.5) is 5.69 Å². The number of piperidine rings is 1. The van der Waals surface area contributed by atoms with Gasteiger partial charge >= 0.3 is 29.2 Å². The van der Waals surface area contributed by atoms with Gasteiger partial charge in [0.25, 0.3) is 0 Å². The summed E-state index contributed by atoms with van der Waals surface area (Å²) in [5.74, 6) is 1.31. The second kappa shape index (κ2) is 8.71. The maximum atomic E-state index is 4.58. The first kappa shape index (κ1) is 19.6. The van der Waals surface area contributed by atoms with Gasteiger partial charge in [0.1, 0.15) is 0 Å². The van der Waals surface area contributed by atoms with Crippen LogP contribution in [-0.2, 0) is 20.0 Å². The summed E-state index contributed by atoms with van der Waals surface area (Å²) in [6.07, 6.45) is 12.8. The van der Waals surface area contributed by atoms with E-state index in [1.165, 1.54) is 66.2 Å². The van der Waals surface area contributed by atoms with Crippen molar-refractivity contribution in [1.82, 2.24) is 9.80 Å². The molecule has 1 aromatic rings. The second-order valence-electron chi connectivity index (χ2n) is 7.13. The van der Waals surface area contributed by atoms with Crippen LogP contribution in [0.25, 0.3) is 0 Å². The predicted octanol–water partition coefficient (Wildman–Crippen LogP) is 5.28. The average molecular weight is 553 g/mol. The number of anilines is 1. The molecule has 3 heterocycles. The number of likely N-dealkylation sites (tertiary alicyclic amines) is 1. The predicted molar refractivity (Wildman–Crippen MR) is 106 cm³/mol. The van der Waals surface area contributed by atoms with E-state index in [1.807, 2.05) is 0 Å². The standard InChI is InChI=1S/C21H26N3.Au.ClH/c1-16-12-17(2)21(18(3)13-16)23-14-19-8-7-9-20(24(19)15-23)22-10-5-4-6-11-22;;/h7-9,12-15H,4-6,10-11H2,1-3H3;;1H/q-1;+1;/p-1. The van der Waals surface area contributed by atoms with Crippen molar-refractivity contribution in [3.8, 4) is 0 Å². The zero-order valence-corrected chi connectivity index (χ0v) is 18.5. The second-order valence-corrected chi connectivity index (χ2v) is 7.13. The number of hydrogen-bond donors (Lipinski definition) is 0. The van der Waals surface area contributed by atoms with E-state index in [0.717, 1.165) is 0 Å². The molecule has 0 unspecified atom stereocenters. The van der Waals surface area contributed by atoms with E-state index in [0.29, 0.717) is 0 Å². The summed E-state index contributed by atoms with van der Waals surface area (Å²) >= 11 is 1.75. The van der Waals surface area contributed by atoms with Crippen LogP contribution in [-0.4, -0.2) is 22.9 Å². The number of allylic oxidation sites excluding steroid dienone is 3. The van der Waals surface area contributed by atoms with Crippen molar-refractivity contribution in [3.05, 3.63) is 71.4 Å². The number of fused-ring (bicyclic) bond motifs is 1. The van der Waals surface area contributed by atoms with Crippen molar-refractivity contribution < 1.29 is 20.0 Å². The van der Waals surface area contributed by atoms with Crippen molar-refractivity contribution in [2.45, 2.75) is 40.0 Å². The first-order valence-corrected chi connectivity index (χ1v) is 11.8. The van der Waals surface area contributed by atoms with E-state index in [9.17, 15) is 0 Å². The Morgan fingerprint density at radius 1 is 1.00 bits per heavy atom. The van der Waals surface area contributed by atoms with Gasteiger partial charge in [-0.05, 0) is 69.5 Å². The Labute approximate surface area is 173 Å². The number of aryl methyl sites for hydroxylation is 3. The minimum absolute atomic E-state index is 1.17. The molecular weight excluding hydrogens is 527 g/mol. The van der Waals surface area contributed by atoms with Gasteiger partial charge in [0.2, 0.25) is 0 Å². The molecule has 144 valence electrons. The molecule has 0 amide bonds. The molecule has 5 heteroatoms. The van der Waals surface area contributed by atoms with Crippen molar-refractivity contribution in [2.24, 2.45) is 0 Å². The van der Waals surface area contributed by atoms with Crippen LogP contribution in [0.5, 0.6) is 0 Å². The van der Waals surface area contributed by atoms with Crippen molar-refractivity contribution in [2.75, 3.05) is 18.0 Å². The van der Waals surface area contributed by atoms with Gasteiger partial charge in [-0.3, -0.25) is 0 Å². The Balaban J connectivity index is 0.000000948. The van der Waals surface area contributed by atoms with Gasteiger partial charge in [-0.1, -0.05) is 23.8 Å².